The van der Waals surface area contributed by atoms with E-state index in [2.05, 4.69) is 5.43 Å². The predicted molar refractivity (Wildman–Crippen MR) is 111 cm³/mol. The molecular weight excluding hydrogens is 438 g/mol. The van der Waals surface area contributed by atoms with Gasteiger partial charge < -0.3 is 0 Å². The minimum atomic E-state index is -0.827. The molecule has 1 aliphatic heterocycles. The van der Waals surface area contributed by atoms with Crippen molar-refractivity contribution in [3.05, 3.63) is 83.3 Å². The number of nitrogens with zero attached hydrogens (tertiary/aromatic N) is 4. The summed E-state index contributed by atoms with van der Waals surface area (Å²) in [6.07, 6.45) is 1.40. The Bertz CT molecular complexity index is 1150. The van der Waals surface area contributed by atoms with Crippen LogP contribution in [0.2, 0.25) is 0 Å². The zero-order valence-corrected chi connectivity index (χ0v) is 16.2. The van der Waals surface area contributed by atoms with Gasteiger partial charge in [-0.1, -0.05) is 23.9 Å². The number of thioether (sulfide) groups is 1. The van der Waals surface area contributed by atoms with Crippen molar-refractivity contribution in [3.8, 4) is 0 Å². The second-order valence-electron chi connectivity index (χ2n) is 5.70. The normalized spacial score (nSPS) is 14.8. The van der Waals surface area contributed by atoms with Crippen molar-refractivity contribution in [2.45, 2.75) is 0 Å². The van der Waals surface area contributed by atoms with Crippen LogP contribution in [0.4, 0.5) is 22.7 Å². The molecule has 30 heavy (non-hydrogen) atoms. The maximum absolute atomic E-state index is 12.7. The molecule has 1 saturated heterocycles. The molecule has 0 radical (unpaired) electrons. The highest BCUT2D eigenvalue weighted by Gasteiger charge is 2.34. The van der Waals surface area contributed by atoms with E-state index in [0.717, 1.165) is 35.0 Å². The fourth-order valence-electron chi connectivity index (χ4n) is 2.44. The number of amides is 1. The molecule has 2 aromatic carbocycles. The van der Waals surface area contributed by atoms with Crippen LogP contribution in [0.25, 0.3) is 6.08 Å². The zero-order chi connectivity index (χ0) is 22.0. The number of anilines is 1. The van der Waals surface area contributed by atoms with Crippen molar-refractivity contribution in [1.29, 1.82) is 0 Å². The van der Waals surface area contributed by atoms with E-state index < -0.39 is 32.1 Å². The predicted octanol–water partition coefficient (Wildman–Crippen LogP) is 3.64. The molecule has 1 heterocycles. The molecule has 3 rings (SSSR count). The summed E-state index contributed by atoms with van der Waals surface area (Å²) >= 11 is 6.02. The quantitative estimate of drug-likeness (QED) is 0.299. The Morgan fingerprint density at radius 3 is 2.27 bits per heavy atom. The third kappa shape index (κ3) is 4.23. The fourth-order valence-corrected chi connectivity index (χ4v) is 3.62. The SMILES string of the molecule is O=C1/C(=C\c2cccc([N+](=O)[O-])c2)SC(=S)N1Nc1ccc([N+](=O)[O-])cc1[N+](=O)[O-]. The molecule has 14 heteroatoms. The Labute approximate surface area is 176 Å². The van der Waals surface area contributed by atoms with E-state index >= 15 is 0 Å². The van der Waals surface area contributed by atoms with E-state index in [0.29, 0.717) is 5.56 Å². The Hall–Kier alpha value is -3.91. The monoisotopic (exact) mass is 447 g/mol. The minimum Gasteiger partial charge on any atom is -0.283 e. The molecule has 0 atom stereocenters. The largest absolute Gasteiger partial charge is 0.300 e. The molecule has 2 aromatic rings. The first kappa shape index (κ1) is 20.8. The minimum absolute atomic E-state index is 0.0318. The van der Waals surface area contributed by atoms with Gasteiger partial charge in [0.15, 0.2) is 4.32 Å². The summed E-state index contributed by atoms with van der Waals surface area (Å²) in [5, 5.41) is 33.9. The van der Waals surface area contributed by atoms with Crippen molar-refractivity contribution < 1.29 is 19.6 Å². The molecule has 152 valence electrons. The van der Waals surface area contributed by atoms with E-state index in [9.17, 15) is 35.1 Å². The molecule has 0 bridgehead atoms. The van der Waals surface area contributed by atoms with Gasteiger partial charge >= 0.3 is 5.69 Å². The number of rotatable bonds is 6. The van der Waals surface area contributed by atoms with Gasteiger partial charge in [-0.25, -0.2) is 5.01 Å². The molecule has 1 N–H and O–H groups in total. The van der Waals surface area contributed by atoms with Crippen LogP contribution in [-0.2, 0) is 4.79 Å². The van der Waals surface area contributed by atoms with E-state index in [1.54, 1.807) is 6.07 Å². The molecule has 0 aromatic heterocycles. The zero-order valence-electron chi connectivity index (χ0n) is 14.6. The lowest BCUT2D eigenvalue weighted by molar-refractivity contribution is -0.393. The molecule has 0 aliphatic carbocycles. The summed E-state index contributed by atoms with van der Waals surface area (Å²) in [5.41, 5.74) is 1.49. The summed E-state index contributed by atoms with van der Waals surface area (Å²) in [6.45, 7) is 0. The van der Waals surface area contributed by atoms with Gasteiger partial charge in [0.25, 0.3) is 17.3 Å². The first-order valence-corrected chi connectivity index (χ1v) is 9.12. The van der Waals surface area contributed by atoms with E-state index in [1.807, 2.05) is 0 Å². The maximum Gasteiger partial charge on any atom is 0.300 e. The maximum atomic E-state index is 12.7. The van der Waals surface area contributed by atoms with Gasteiger partial charge in [-0.05, 0) is 29.9 Å². The summed E-state index contributed by atoms with van der Waals surface area (Å²) in [6, 6.07) is 8.51. The number of hydrazine groups is 1. The lowest BCUT2D eigenvalue weighted by Gasteiger charge is -2.16. The third-order valence-corrected chi connectivity index (χ3v) is 5.10. The number of nitro benzene ring substituents is 3. The summed E-state index contributed by atoms with van der Waals surface area (Å²) < 4.78 is 0.0318. The van der Waals surface area contributed by atoms with Crippen molar-refractivity contribution in [2.24, 2.45) is 0 Å². The molecule has 0 spiro atoms. The van der Waals surface area contributed by atoms with Crippen molar-refractivity contribution >= 4 is 63.0 Å². The van der Waals surface area contributed by atoms with Crippen LogP contribution in [0.3, 0.4) is 0 Å². The molecule has 0 saturated carbocycles. The van der Waals surface area contributed by atoms with Crippen LogP contribution in [0.15, 0.2) is 47.4 Å². The van der Waals surface area contributed by atoms with Gasteiger partial charge in [-0.15, -0.1) is 0 Å². The van der Waals surface area contributed by atoms with Crippen LogP contribution < -0.4 is 5.43 Å². The number of nitro groups is 3. The van der Waals surface area contributed by atoms with Gasteiger partial charge in [0.2, 0.25) is 0 Å². The van der Waals surface area contributed by atoms with E-state index in [4.69, 9.17) is 12.2 Å². The Morgan fingerprint density at radius 1 is 0.967 bits per heavy atom. The van der Waals surface area contributed by atoms with Gasteiger partial charge in [0.1, 0.15) is 5.69 Å². The van der Waals surface area contributed by atoms with Gasteiger partial charge in [-0.2, -0.15) is 0 Å². The van der Waals surface area contributed by atoms with Crippen LogP contribution >= 0.6 is 24.0 Å². The lowest BCUT2D eigenvalue weighted by atomic mass is 10.2. The van der Waals surface area contributed by atoms with Gasteiger partial charge in [0, 0.05) is 18.2 Å². The molecule has 0 unspecified atom stereocenters. The second kappa shape index (κ2) is 8.22. The fraction of sp³-hybridized carbons (Fsp3) is 0. The topological polar surface area (TPSA) is 162 Å². The molecular formula is C16H9N5O7S2. The van der Waals surface area contributed by atoms with Crippen LogP contribution in [-0.4, -0.2) is 30.0 Å². The third-order valence-electron chi connectivity index (χ3n) is 3.79. The number of benzene rings is 2. The number of nitrogens with one attached hydrogen (secondary N) is 1. The standard InChI is InChI=1S/C16H9N5O7S2/c22-15-14(7-9-2-1-3-10(6-9)19(23)24)30-16(29)18(15)17-12-5-4-11(20(25)26)8-13(12)21(27)28/h1-8,17H/b14-7+. The van der Waals surface area contributed by atoms with Gasteiger partial charge in [-0.3, -0.25) is 40.6 Å². The highest BCUT2D eigenvalue weighted by Crippen LogP contribution is 2.35. The highest BCUT2D eigenvalue weighted by atomic mass is 32.2. The van der Waals surface area contributed by atoms with Gasteiger partial charge in [0.05, 0.1) is 25.7 Å². The van der Waals surface area contributed by atoms with Crippen molar-refractivity contribution in [3.63, 3.8) is 0 Å². The number of carbonyl (C=O) groups is 1. The average molecular weight is 447 g/mol. The molecule has 12 nitrogen and oxygen atoms in total. The van der Waals surface area contributed by atoms with Crippen LogP contribution in [0.5, 0.6) is 0 Å². The number of non-ortho nitro benzene ring substituents is 2. The van der Waals surface area contributed by atoms with Crippen molar-refractivity contribution in [2.75, 3.05) is 5.43 Å². The van der Waals surface area contributed by atoms with Crippen LogP contribution in [0.1, 0.15) is 5.56 Å². The van der Waals surface area contributed by atoms with E-state index in [1.165, 1.54) is 24.3 Å². The Balaban J connectivity index is 1.89. The lowest BCUT2D eigenvalue weighted by Crippen LogP contribution is -2.34. The number of thiocarbonyl (C=S) groups is 1. The first-order valence-electron chi connectivity index (χ1n) is 7.89. The number of carbonyl (C=O) groups excluding carboxylic acids is 1. The van der Waals surface area contributed by atoms with Crippen molar-refractivity contribution in [1.82, 2.24) is 5.01 Å². The number of hydrogen-bond acceptors (Lipinski definition) is 10. The number of hydrogen-bond donors (Lipinski definition) is 1. The first-order chi connectivity index (χ1) is 14.2. The summed E-state index contributed by atoms with van der Waals surface area (Å²) in [7, 11) is 0. The Morgan fingerprint density at radius 2 is 1.63 bits per heavy atom. The summed E-state index contributed by atoms with van der Waals surface area (Å²) in [4.78, 5) is 43.6. The molecule has 1 amide bonds. The Kier molecular flexibility index (Phi) is 5.70. The molecule has 1 fully saturated rings. The second-order valence-corrected chi connectivity index (χ2v) is 7.37. The molecule has 1 aliphatic rings. The highest BCUT2D eigenvalue weighted by molar-refractivity contribution is 8.26. The summed E-state index contributed by atoms with van der Waals surface area (Å²) in [5.74, 6) is -0.635. The van der Waals surface area contributed by atoms with Crippen LogP contribution in [0, 0.1) is 30.3 Å². The smallest absolute Gasteiger partial charge is 0.283 e. The average Bonchev–Trinajstić information content (AvgIpc) is 2.95. The van der Waals surface area contributed by atoms with E-state index in [-0.39, 0.29) is 20.6 Å².